The number of amides is 1. The number of benzene rings is 1. The number of rotatable bonds is 4. The van der Waals surface area contributed by atoms with Crippen molar-refractivity contribution in [1.82, 2.24) is 19.2 Å². The number of carbonyl (C=O) groups is 1. The summed E-state index contributed by atoms with van der Waals surface area (Å²) in [5, 5.41) is 4.19. The number of aryl methyl sites for hydroxylation is 2. The zero-order valence-electron chi connectivity index (χ0n) is 15.4. The van der Waals surface area contributed by atoms with Gasteiger partial charge in [0, 0.05) is 38.7 Å². The minimum absolute atomic E-state index is 0.230. The highest BCUT2D eigenvalue weighted by atomic mass is 16.2. The van der Waals surface area contributed by atoms with Crippen molar-refractivity contribution in [2.45, 2.75) is 20.4 Å². The molecule has 0 fully saturated rings. The molecule has 3 rings (SSSR count). The Kier molecular flexibility index (Phi) is 4.75. The second kappa shape index (κ2) is 7.00. The van der Waals surface area contributed by atoms with Gasteiger partial charge in [-0.2, -0.15) is 5.10 Å². The van der Waals surface area contributed by atoms with Gasteiger partial charge in [-0.15, -0.1) is 0 Å². The van der Waals surface area contributed by atoms with E-state index in [0.717, 1.165) is 16.9 Å². The smallest absolute Gasteiger partial charge is 0.263 e. The summed E-state index contributed by atoms with van der Waals surface area (Å²) < 4.78 is 3.28. The Labute approximate surface area is 152 Å². The summed E-state index contributed by atoms with van der Waals surface area (Å²) >= 11 is 0. The van der Waals surface area contributed by atoms with E-state index in [9.17, 15) is 9.59 Å². The van der Waals surface area contributed by atoms with E-state index >= 15 is 0 Å². The molecule has 0 bridgehead atoms. The molecule has 6 heteroatoms. The molecular formula is C20H22N4O2. The zero-order valence-corrected chi connectivity index (χ0v) is 15.4. The maximum absolute atomic E-state index is 12.8. The Morgan fingerprint density at radius 1 is 1.19 bits per heavy atom. The molecule has 0 saturated heterocycles. The number of nitrogens with zero attached hydrogens (tertiary/aromatic N) is 4. The predicted molar refractivity (Wildman–Crippen MR) is 101 cm³/mol. The van der Waals surface area contributed by atoms with Gasteiger partial charge in [-0.3, -0.25) is 9.59 Å². The third-order valence-electron chi connectivity index (χ3n) is 4.55. The molecule has 1 aromatic carbocycles. The van der Waals surface area contributed by atoms with Crippen molar-refractivity contribution in [3.8, 4) is 5.69 Å². The van der Waals surface area contributed by atoms with E-state index in [4.69, 9.17) is 0 Å². The molecule has 134 valence electrons. The van der Waals surface area contributed by atoms with Gasteiger partial charge in [-0.05, 0) is 49.2 Å². The van der Waals surface area contributed by atoms with Gasteiger partial charge in [-0.25, -0.2) is 4.68 Å². The van der Waals surface area contributed by atoms with Gasteiger partial charge >= 0.3 is 0 Å². The molecule has 2 aromatic heterocycles. The van der Waals surface area contributed by atoms with E-state index in [1.165, 1.54) is 4.57 Å². The zero-order chi connectivity index (χ0) is 18.8. The van der Waals surface area contributed by atoms with Crippen LogP contribution in [0.15, 0.2) is 53.6 Å². The molecule has 0 aliphatic heterocycles. The predicted octanol–water partition coefficient (Wildman–Crippen LogP) is 2.46. The first kappa shape index (κ1) is 17.7. The summed E-state index contributed by atoms with van der Waals surface area (Å²) in [7, 11) is 3.39. The molecule has 0 aliphatic rings. The molecule has 2 heterocycles. The summed E-state index contributed by atoms with van der Waals surface area (Å²) in [4.78, 5) is 26.9. The molecule has 0 aliphatic carbocycles. The molecule has 0 unspecified atom stereocenters. The number of hydrogen-bond acceptors (Lipinski definition) is 3. The van der Waals surface area contributed by atoms with E-state index < -0.39 is 0 Å². The second-order valence-corrected chi connectivity index (χ2v) is 6.49. The van der Waals surface area contributed by atoms with Crippen LogP contribution in [0.25, 0.3) is 5.69 Å². The van der Waals surface area contributed by atoms with Gasteiger partial charge < -0.3 is 9.47 Å². The lowest BCUT2D eigenvalue weighted by molar-refractivity contribution is 0.0782. The van der Waals surface area contributed by atoms with Crippen molar-refractivity contribution in [3.63, 3.8) is 0 Å². The van der Waals surface area contributed by atoms with E-state index in [1.54, 1.807) is 36.8 Å². The van der Waals surface area contributed by atoms with Gasteiger partial charge in [0.05, 0.1) is 5.69 Å². The molecular weight excluding hydrogens is 328 g/mol. The van der Waals surface area contributed by atoms with Crippen LogP contribution in [0, 0.1) is 13.8 Å². The number of pyridine rings is 1. The van der Waals surface area contributed by atoms with Gasteiger partial charge in [0.2, 0.25) is 0 Å². The van der Waals surface area contributed by atoms with Crippen LogP contribution < -0.4 is 5.56 Å². The Bertz CT molecular complexity index is 986. The van der Waals surface area contributed by atoms with Crippen LogP contribution in [0.3, 0.4) is 0 Å². The average Bonchev–Trinajstić information content (AvgIpc) is 3.15. The van der Waals surface area contributed by atoms with Crippen molar-refractivity contribution in [3.05, 3.63) is 81.5 Å². The van der Waals surface area contributed by atoms with Crippen molar-refractivity contribution in [2.75, 3.05) is 7.05 Å². The molecule has 0 atom stereocenters. The standard InChI is InChI=1S/C20H22N4O2/c1-14-12-15(2)23(4)20(26)18(14)19(25)22(3)13-16-6-8-17(9-7-16)24-11-5-10-21-24/h5-12H,13H2,1-4H3. The van der Waals surface area contributed by atoms with Crippen LogP contribution in [0.5, 0.6) is 0 Å². The fraction of sp³-hybridized carbons (Fsp3) is 0.250. The molecule has 0 saturated carbocycles. The van der Waals surface area contributed by atoms with Crippen LogP contribution in [0.1, 0.15) is 27.2 Å². The van der Waals surface area contributed by atoms with Gasteiger partial charge in [0.1, 0.15) is 5.56 Å². The van der Waals surface area contributed by atoms with Crippen LogP contribution in [0.2, 0.25) is 0 Å². The summed E-state index contributed by atoms with van der Waals surface area (Å²) in [6, 6.07) is 11.6. The fourth-order valence-corrected chi connectivity index (χ4v) is 2.95. The highest BCUT2D eigenvalue weighted by Crippen LogP contribution is 2.13. The molecule has 26 heavy (non-hydrogen) atoms. The second-order valence-electron chi connectivity index (χ2n) is 6.49. The summed E-state index contributed by atoms with van der Waals surface area (Å²) in [6.07, 6.45) is 3.60. The van der Waals surface area contributed by atoms with Crippen molar-refractivity contribution >= 4 is 5.91 Å². The normalized spacial score (nSPS) is 10.8. The van der Waals surface area contributed by atoms with Crippen LogP contribution in [-0.2, 0) is 13.6 Å². The Morgan fingerprint density at radius 2 is 1.88 bits per heavy atom. The first-order chi connectivity index (χ1) is 12.4. The lowest BCUT2D eigenvalue weighted by atomic mass is 10.1. The van der Waals surface area contributed by atoms with Crippen LogP contribution in [-0.4, -0.2) is 32.2 Å². The van der Waals surface area contributed by atoms with E-state index in [0.29, 0.717) is 12.1 Å². The minimum atomic E-state index is -0.265. The molecule has 3 aromatic rings. The first-order valence-electron chi connectivity index (χ1n) is 8.40. The molecule has 1 amide bonds. The summed E-state index contributed by atoms with van der Waals surface area (Å²) in [6.45, 7) is 4.08. The first-order valence-corrected chi connectivity index (χ1v) is 8.40. The van der Waals surface area contributed by atoms with E-state index in [-0.39, 0.29) is 17.0 Å². The number of aromatic nitrogens is 3. The van der Waals surface area contributed by atoms with Crippen LogP contribution >= 0.6 is 0 Å². The summed E-state index contributed by atoms with van der Waals surface area (Å²) in [5.74, 6) is -0.265. The van der Waals surface area contributed by atoms with Crippen molar-refractivity contribution < 1.29 is 4.79 Å². The maximum Gasteiger partial charge on any atom is 0.263 e. The maximum atomic E-state index is 12.8. The monoisotopic (exact) mass is 350 g/mol. The average molecular weight is 350 g/mol. The van der Waals surface area contributed by atoms with Gasteiger partial charge in [0.25, 0.3) is 11.5 Å². The largest absolute Gasteiger partial charge is 0.337 e. The Hall–Kier alpha value is -3.15. The van der Waals surface area contributed by atoms with Crippen molar-refractivity contribution in [1.29, 1.82) is 0 Å². The third kappa shape index (κ3) is 3.31. The SMILES string of the molecule is Cc1cc(C)n(C)c(=O)c1C(=O)N(C)Cc1ccc(-n2cccn2)cc1. The molecule has 0 spiro atoms. The highest BCUT2D eigenvalue weighted by molar-refractivity contribution is 5.95. The highest BCUT2D eigenvalue weighted by Gasteiger charge is 2.20. The van der Waals surface area contributed by atoms with E-state index in [2.05, 4.69) is 5.10 Å². The summed E-state index contributed by atoms with van der Waals surface area (Å²) in [5.41, 5.74) is 3.45. The fourth-order valence-electron chi connectivity index (χ4n) is 2.95. The number of carbonyl (C=O) groups excluding carboxylic acids is 1. The molecule has 0 radical (unpaired) electrons. The molecule has 6 nitrogen and oxygen atoms in total. The van der Waals surface area contributed by atoms with Gasteiger partial charge in [-0.1, -0.05) is 12.1 Å². The Morgan fingerprint density at radius 3 is 2.50 bits per heavy atom. The third-order valence-corrected chi connectivity index (χ3v) is 4.55. The van der Waals surface area contributed by atoms with Crippen LogP contribution in [0.4, 0.5) is 0 Å². The Balaban J connectivity index is 1.80. The lowest BCUT2D eigenvalue weighted by Gasteiger charge is -2.19. The van der Waals surface area contributed by atoms with Crippen molar-refractivity contribution in [2.24, 2.45) is 7.05 Å². The molecule has 0 N–H and O–H groups in total. The number of hydrogen-bond donors (Lipinski definition) is 0. The van der Waals surface area contributed by atoms with E-state index in [1.807, 2.05) is 49.5 Å². The van der Waals surface area contributed by atoms with Gasteiger partial charge in [0.15, 0.2) is 0 Å². The topological polar surface area (TPSA) is 60.1 Å². The minimum Gasteiger partial charge on any atom is -0.337 e. The quantitative estimate of drug-likeness (QED) is 0.726. The lowest BCUT2D eigenvalue weighted by Crippen LogP contribution is -2.35.